The van der Waals surface area contributed by atoms with Gasteiger partial charge in [0.2, 0.25) is 23.6 Å². The van der Waals surface area contributed by atoms with Crippen LogP contribution in [0, 0.1) is 37.5 Å². The molecule has 0 bridgehead atoms. The van der Waals surface area contributed by atoms with E-state index in [0.717, 1.165) is 16.0 Å². The molecule has 6 atom stereocenters. The van der Waals surface area contributed by atoms with Crippen molar-refractivity contribution < 1.29 is 24.3 Å². The molecule has 0 spiro atoms. The highest BCUT2D eigenvalue weighted by atomic mass is 35.5. The van der Waals surface area contributed by atoms with E-state index < -0.39 is 35.0 Å². The summed E-state index contributed by atoms with van der Waals surface area (Å²) in [6, 6.07) is 23.8. The third kappa shape index (κ3) is 4.31. The van der Waals surface area contributed by atoms with E-state index in [1.165, 1.54) is 21.1 Å². The Morgan fingerprint density at radius 3 is 2.31 bits per heavy atom. The smallest absolute Gasteiger partial charge is 0.246 e. The minimum absolute atomic E-state index is 0.171. The molecule has 1 saturated carbocycles. The molecule has 3 fully saturated rings. The number of likely N-dealkylation sites (tertiary alicyclic amines) is 1. The van der Waals surface area contributed by atoms with E-state index in [9.17, 15) is 19.5 Å². The van der Waals surface area contributed by atoms with Gasteiger partial charge in [-0.25, -0.2) is 4.90 Å². The van der Waals surface area contributed by atoms with E-state index in [4.69, 9.17) is 11.6 Å². The van der Waals surface area contributed by atoms with E-state index in [0.29, 0.717) is 33.8 Å². The van der Waals surface area contributed by atoms with Gasteiger partial charge in [-0.2, -0.15) is 0 Å². The number of carbonyl (C=O) groups is 4. The average Bonchev–Trinajstić information content (AvgIpc) is 3.74. The van der Waals surface area contributed by atoms with Gasteiger partial charge in [0.25, 0.3) is 0 Å². The summed E-state index contributed by atoms with van der Waals surface area (Å²) in [5.41, 5.74) is 2.73. The summed E-state index contributed by atoms with van der Waals surface area (Å²) in [4.78, 5) is 61.9. The van der Waals surface area contributed by atoms with Gasteiger partial charge in [0.1, 0.15) is 5.75 Å². The maximum atomic E-state index is 15.3. The van der Waals surface area contributed by atoms with Crippen molar-refractivity contribution in [2.75, 3.05) is 4.90 Å². The van der Waals surface area contributed by atoms with Crippen LogP contribution in [0.4, 0.5) is 5.69 Å². The van der Waals surface area contributed by atoms with Crippen LogP contribution in [0.25, 0.3) is 0 Å². The van der Waals surface area contributed by atoms with Crippen molar-refractivity contribution in [3.8, 4) is 5.75 Å². The van der Waals surface area contributed by atoms with Crippen molar-refractivity contribution >= 4 is 52.3 Å². The van der Waals surface area contributed by atoms with E-state index in [1.807, 2.05) is 73.8 Å². The fraction of sp³-hybridized carbons (Fsp3) is 0.282. The molecular weight excluding hydrogens is 644 g/mol. The standard InChI is InChI=1S/C39H33ClN2O5S/c1-21-16-23(17-22(2)34(21)43)33-28-13-14-29-32(37(46)41(35(29)44)20-27-12-7-15-48-27)30(28)19-31-36(45)42(26-11-6-10-25(40)18-26)38(47)39(31,33)24-8-4-3-5-9-24/h3-13,15-18,29-33,43H,14,19-20H2,1-2H3. The summed E-state index contributed by atoms with van der Waals surface area (Å²) in [5, 5.41) is 13.1. The Morgan fingerprint density at radius 1 is 0.875 bits per heavy atom. The summed E-state index contributed by atoms with van der Waals surface area (Å²) >= 11 is 7.90. The normalized spacial score (nSPS) is 28.0. The number of rotatable bonds is 5. The van der Waals surface area contributed by atoms with Crippen LogP contribution in [0.5, 0.6) is 5.75 Å². The number of imide groups is 2. The zero-order chi connectivity index (χ0) is 33.5. The van der Waals surface area contributed by atoms with Crippen molar-refractivity contribution in [2.24, 2.45) is 23.7 Å². The number of thiophene rings is 1. The Bertz CT molecular complexity index is 2020. The van der Waals surface area contributed by atoms with Crippen LogP contribution in [0.2, 0.25) is 5.02 Å². The summed E-state index contributed by atoms with van der Waals surface area (Å²) in [6.07, 6.45) is 2.67. The van der Waals surface area contributed by atoms with Crippen molar-refractivity contribution in [3.05, 3.63) is 128 Å². The van der Waals surface area contributed by atoms with Crippen LogP contribution in [0.1, 0.15) is 45.9 Å². The molecule has 3 heterocycles. The molecule has 9 heteroatoms. The summed E-state index contributed by atoms with van der Waals surface area (Å²) in [6.45, 7) is 3.87. The molecule has 242 valence electrons. The lowest BCUT2D eigenvalue weighted by atomic mass is 9.49. The molecule has 4 aromatic rings. The van der Waals surface area contributed by atoms with Crippen LogP contribution >= 0.6 is 22.9 Å². The van der Waals surface area contributed by atoms with Gasteiger partial charge in [-0.3, -0.25) is 24.1 Å². The molecule has 7 nitrogen and oxygen atoms in total. The van der Waals surface area contributed by atoms with E-state index in [-0.39, 0.29) is 42.3 Å². The molecule has 4 aliphatic rings. The summed E-state index contributed by atoms with van der Waals surface area (Å²) in [5.74, 6) is -4.02. The van der Waals surface area contributed by atoms with Crippen LogP contribution in [-0.2, 0) is 31.1 Å². The first-order valence-electron chi connectivity index (χ1n) is 16.2. The first-order chi connectivity index (χ1) is 23.1. The van der Waals surface area contributed by atoms with Gasteiger partial charge >= 0.3 is 0 Å². The third-order valence-corrected chi connectivity index (χ3v) is 12.1. The summed E-state index contributed by atoms with van der Waals surface area (Å²) < 4.78 is 0. The highest BCUT2D eigenvalue weighted by Gasteiger charge is 2.70. The number of halogens is 1. The Kier molecular flexibility index (Phi) is 7.23. The van der Waals surface area contributed by atoms with Crippen molar-refractivity contribution in [2.45, 2.75) is 44.6 Å². The fourth-order valence-corrected chi connectivity index (χ4v) is 9.93. The Morgan fingerprint density at radius 2 is 1.62 bits per heavy atom. The van der Waals surface area contributed by atoms with Crippen molar-refractivity contribution in [3.63, 3.8) is 0 Å². The molecular formula is C39H33ClN2O5S. The van der Waals surface area contributed by atoms with E-state index in [2.05, 4.69) is 6.08 Å². The minimum Gasteiger partial charge on any atom is -0.507 e. The minimum atomic E-state index is -1.35. The first-order valence-corrected chi connectivity index (χ1v) is 17.5. The Labute approximate surface area is 287 Å². The van der Waals surface area contributed by atoms with Crippen LogP contribution in [0.3, 0.4) is 0 Å². The average molecular weight is 677 g/mol. The maximum absolute atomic E-state index is 15.3. The zero-order valence-corrected chi connectivity index (χ0v) is 28.0. The van der Waals surface area contributed by atoms with Gasteiger partial charge < -0.3 is 5.11 Å². The van der Waals surface area contributed by atoms with Crippen LogP contribution in [0.15, 0.2) is 95.9 Å². The lowest BCUT2D eigenvalue weighted by Gasteiger charge is -2.51. The van der Waals surface area contributed by atoms with E-state index in [1.54, 1.807) is 24.3 Å². The van der Waals surface area contributed by atoms with Gasteiger partial charge in [-0.1, -0.05) is 77.8 Å². The lowest BCUT2D eigenvalue weighted by Crippen LogP contribution is -2.53. The predicted octanol–water partition coefficient (Wildman–Crippen LogP) is 7.09. The molecule has 2 saturated heterocycles. The number of allylic oxidation sites excluding steroid dienone is 2. The number of aryl methyl sites for hydroxylation is 2. The third-order valence-electron chi connectivity index (χ3n) is 11.0. The predicted molar refractivity (Wildman–Crippen MR) is 184 cm³/mol. The van der Waals surface area contributed by atoms with Crippen molar-refractivity contribution in [1.82, 2.24) is 4.90 Å². The summed E-state index contributed by atoms with van der Waals surface area (Å²) in [7, 11) is 0. The Balaban J connectivity index is 1.35. The SMILES string of the molecule is Cc1cc(C2C3=CCC4C(=O)N(Cc5cccs5)C(=O)C4C3CC3C(=O)N(c4cccc(Cl)c4)C(=O)C32c2ccccc2)cc(C)c1O. The number of hydrogen-bond acceptors (Lipinski definition) is 6. The lowest BCUT2D eigenvalue weighted by molar-refractivity contribution is -0.141. The molecule has 2 aliphatic heterocycles. The van der Waals surface area contributed by atoms with Gasteiger partial charge in [-0.05, 0) is 84.5 Å². The maximum Gasteiger partial charge on any atom is 0.246 e. The molecule has 6 unspecified atom stereocenters. The first kappa shape index (κ1) is 30.8. The topological polar surface area (TPSA) is 95.0 Å². The molecule has 1 aromatic heterocycles. The number of amides is 4. The molecule has 1 N–H and O–H groups in total. The fourth-order valence-electron chi connectivity index (χ4n) is 9.05. The van der Waals surface area contributed by atoms with Crippen LogP contribution in [-0.4, -0.2) is 33.6 Å². The number of anilines is 1. The molecule has 48 heavy (non-hydrogen) atoms. The van der Waals surface area contributed by atoms with Gasteiger partial charge in [0.15, 0.2) is 0 Å². The number of benzene rings is 3. The molecule has 0 radical (unpaired) electrons. The van der Waals surface area contributed by atoms with Gasteiger partial charge in [0, 0.05) is 15.8 Å². The second kappa shape index (κ2) is 11.3. The number of fused-ring (bicyclic) bond motifs is 4. The second-order valence-electron chi connectivity index (χ2n) is 13.4. The van der Waals surface area contributed by atoms with Crippen molar-refractivity contribution in [1.29, 1.82) is 0 Å². The monoisotopic (exact) mass is 676 g/mol. The number of nitrogens with zero attached hydrogens (tertiary/aromatic N) is 2. The quantitative estimate of drug-likeness (QED) is 0.180. The van der Waals surface area contributed by atoms with Crippen LogP contribution < -0.4 is 4.90 Å². The molecule has 4 amide bonds. The molecule has 8 rings (SSSR count). The van der Waals surface area contributed by atoms with Gasteiger partial charge in [0.05, 0.1) is 35.4 Å². The second-order valence-corrected chi connectivity index (χ2v) is 14.9. The van der Waals surface area contributed by atoms with Gasteiger partial charge in [-0.15, -0.1) is 11.3 Å². The number of hydrogen-bond donors (Lipinski definition) is 1. The highest BCUT2D eigenvalue weighted by molar-refractivity contribution is 7.09. The number of aromatic hydroxyl groups is 1. The number of carbonyl (C=O) groups excluding carboxylic acids is 4. The Hall–Kier alpha value is -4.53. The highest BCUT2D eigenvalue weighted by Crippen LogP contribution is 2.64. The zero-order valence-electron chi connectivity index (χ0n) is 26.4. The number of phenols is 1. The molecule has 2 aliphatic carbocycles. The van der Waals surface area contributed by atoms with E-state index >= 15 is 4.79 Å². The largest absolute Gasteiger partial charge is 0.507 e. The molecule has 3 aromatic carbocycles. The number of phenolic OH excluding ortho intramolecular Hbond substituents is 1.